The van der Waals surface area contributed by atoms with Gasteiger partial charge in [-0.2, -0.15) is 5.10 Å². The standard InChI is InChI=1S/C27H25N3/c1-30(2)23-15-13-22(14-16-23)27(21-11-7-4-8-12-21)18-17-24-25(19-27)28-29-26(24)20-9-5-3-6-10-20/h3-18H,19H2,1-2H3,(H,28,29). The largest absolute Gasteiger partial charge is 0.378 e. The highest BCUT2D eigenvalue weighted by Gasteiger charge is 2.36. The number of rotatable bonds is 4. The number of aromatic nitrogens is 2. The van der Waals surface area contributed by atoms with Crippen LogP contribution in [0.3, 0.4) is 0 Å². The summed E-state index contributed by atoms with van der Waals surface area (Å²) in [5.74, 6) is 0. The van der Waals surface area contributed by atoms with E-state index < -0.39 is 0 Å². The van der Waals surface area contributed by atoms with E-state index in [9.17, 15) is 0 Å². The predicted octanol–water partition coefficient (Wildman–Crippen LogP) is 5.70. The van der Waals surface area contributed by atoms with Gasteiger partial charge < -0.3 is 4.90 Å². The summed E-state index contributed by atoms with van der Waals surface area (Å²) in [5, 5.41) is 8.01. The van der Waals surface area contributed by atoms with Gasteiger partial charge >= 0.3 is 0 Å². The van der Waals surface area contributed by atoms with Crippen LogP contribution in [0.1, 0.15) is 22.4 Å². The highest BCUT2D eigenvalue weighted by atomic mass is 15.1. The van der Waals surface area contributed by atoms with Crippen molar-refractivity contribution in [2.45, 2.75) is 11.8 Å². The molecule has 1 unspecified atom stereocenters. The number of hydrogen-bond acceptors (Lipinski definition) is 2. The van der Waals surface area contributed by atoms with Crippen LogP contribution in [0.5, 0.6) is 0 Å². The van der Waals surface area contributed by atoms with Crippen LogP contribution in [0.2, 0.25) is 0 Å². The maximum Gasteiger partial charge on any atom is 0.0995 e. The molecule has 1 aromatic heterocycles. The smallest absolute Gasteiger partial charge is 0.0995 e. The molecule has 0 spiro atoms. The van der Waals surface area contributed by atoms with Gasteiger partial charge in [0.25, 0.3) is 0 Å². The van der Waals surface area contributed by atoms with Crippen molar-refractivity contribution in [1.29, 1.82) is 0 Å². The maximum atomic E-state index is 4.68. The fourth-order valence-corrected chi connectivity index (χ4v) is 4.44. The molecule has 0 bridgehead atoms. The molecular formula is C27H25N3. The van der Waals surface area contributed by atoms with E-state index in [1.54, 1.807) is 0 Å². The fraction of sp³-hybridized carbons (Fsp3) is 0.148. The van der Waals surface area contributed by atoms with Crippen LogP contribution in [0.4, 0.5) is 5.69 Å². The topological polar surface area (TPSA) is 31.9 Å². The molecule has 3 aromatic carbocycles. The molecule has 148 valence electrons. The maximum absolute atomic E-state index is 4.68. The first kappa shape index (κ1) is 18.4. The quantitative estimate of drug-likeness (QED) is 0.484. The highest BCUT2D eigenvalue weighted by Crippen LogP contribution is 2.43. The van der Waals surface area contributed by atoms with Crippen LogP contribution >= 0.6 is 0 Å². The predicted molar refractivity (Wildman–Crippen MR) is 125 cm³/mol. The average molecular weight is 392 g/mol. The van der Waals surface area contributed by atoms with Crippen molar-refractivity contribution in [3.8, 4) is 11.3 Å². The van der Waals surface area contributed by atoms with E-state index in [1.807, 2.05) is 6.07 Å². The zero-order valence-electron chi connectivity index (χ0n) is 17.3. The molecule has 1 heterocycles. The summed E-state index contributed by atoms with van der Waals surface area (Å²) >= 11 is 0. The third-order valence-electron chi connectivity index (χ3n) is 6.11. The molecule has 3 nitrogen and oxygen atoms in total. The average Bonchev–Trinajstić information content (AvgIpc) is 3.23. The molecule has 4 aromatic rings. The van der Waals surface area contributed by atoms with Gasteiger partial charge in [-0.1, -0.05) is 84.9 Å². The second kappa shape index (κ2) is 7.34. The third-order valence-corrected chi connectivity index (χ3v) is 6.11. The molecule has 30 heavy (non-hydrogen) atoms. The summed E-state index contributed by atoms with van der Waals surface area (Å²) in [7, 11) is 4.15. The Balaban J connectivity index is 1.63. The van der Waals surface area contributed by atoms with Gasteiger partial charge in [0.1, 0.15) is 0 Å². The van der Waals surface area contributed by atoms with Gasteiger partial charge in [0.15, 0.2) is 0 Å². The van der Waals surface area contributed by atoms with Gasteiger partial charge in [-0.15, -0.1) is 0 Å². The lowest BCUT2D eigenvalue weighted by Crippen LogP contribution is -2.30. The Labute approximate surface area is 177 Å². The zero-order valence-corrected chi connectivity index (χ0v) is 17.3. The molecule has 0 saturated carbocycles. The van der Waals surface area contributed by atoms with Crippen LogP contribution in [0, 0.1) is 0 Å². The Morgan fingerprint density at radius 2 is 1.43 bits per heavy atom. The summed E-state index contributed by atoms with van der Waals surface area (Å²) in [6.45, 7) is 0. The van der Waals surface area contributed by atoms with Crippen LogP contribution in [-0.2, 0) is 11.8 Å². The zero-order chi connectivity index (χ0) is 20.6. The van der Waals surface area contributed by atoms with Crippen LogP contribution in [0.15, 0.2) is 91.0 Å². The molecule has 0 aliphatic heterocycles. The van der Waals surface area contributed by atoms with Crippen molar-refractivity contribution in [2.75, 3.05) is 19.0 Å². The molecule has 1 atom stereocenters. The number of fused-ring (bicyclic) bond motifs is 1. The van der Waals surface area contributed by atoms with E-state index in [0.29, 0.717) is 0 Å². The van der Waals surface area contributed by atoms with Crippen molar-refractivity contribution in [1.82, 2.24) is 10.2 Å². The summed E-state index contributed by atoms with van der Waals surface area (Å²) in [6, 6.07) is 30.1. The molecule has 0 fully saturated rings. The summed E-state index contributed by atoms with van der Waals surface area (Å²) in [4.78, 5) is 2.13. The van der Waals surface area contributed by atoms with Gasteiger partial charge in [-0.3, -0.25) is 5.10 Å². The van der Waals surface area contributed by atoms with Crippen LogP contribution in [0.25, 0.3) is 17.3 Å². The van der Waals surface area contributed by atoms with Gasteiger partial charge in [-0.05, 0) is 23.3 Å². The molecule has 5 rings (SSSR count). The number of anilines is 1. The van der Waals surface area contributed by atoms with E-state index in [4.69, 9.17) is 0 Å². The number of nitrogens with zero attached hydrogens (tertiary/aromatic N) is 2. The monoisotopic (exact) mass is 391 g/mol. The van der Waals surface area contributed by atoms with Crippen LogP contribution in [-0.4, -0.2) is 24.3 Å². The van der Waals surface area contributed by atoms with Gasteiger partial charge in [0.2, 0.25) is 0 Å². The Bertz CT molecular complexity index is 1170. The molecule has 1 aliphatic carbocycles. The van der Waals surface area contributed by atoms with Crippen molar-refractivity contribution in [3.63, 3.8) is 0 Å². The minimum Gasteiger partial charge on any atom is -0.378 e. The number of benzene rings is 3. The SMILES string of the molecule is CN(C)c1ccc(C2(c3ccccc3)C=Cc3c(-c4ccccc4)n[nH]c3C2)cc1. The van der Waals surface area contributed by atoms with E-state index in [-0.39, 0.29) is 5.41 Å². The normalized spacial score (nSPS) is 17.5. The third kappa shape index (κ3) is 3.03. The second-order valence-electron chi connectivity index (χ2n) is 8.12. The summed E-state index contributed by atoms with van der Waals surface area (Å²) in [6.07, 6.45) is 5.46. The number of nitrogens with one attached hydrogen (secondary N) is 1. The summed E-state index contributed by atoms with van der Waals surface area (Å²) in [5.41, 5.74) is 8.09. The first-order valence-electron chi connectivity index (χ1n) is 10.3. The van der Waals surface area contributed by atoms with Crippen molar-refractivity contribution in [3.05, 3.63) is 113 Å². The minimum atomic E-state index is -0.223. The second-order valence-corrected chi connectivity index (χ2v) is 8.12. The molecule has 1 aliphatic rings. The first-order chi connectivity index (χ1) is 14.7. The first-order valence-corrected chi connectivity index (χ1v) is 10.3. The molecular weight excluding hydrogens is 366 g/mol. The Kier molecular flexibility index (Phi) is 4.51. The van der Waals surface area contributed by atoms with E-state index >= 15 is 0 Å². The number of hydrogen-bond donors (Lipinski definition) is 1. The van der Waals surface area contributed by atoms with Gasteiger partial charge in [0, 0.05) is 48.4 Å². The van der Waals surface area contributed by atoms with Gasteiger partial charge in [-0.25, -0.2) is 0 Å². The van der Waals surface area contributed by atoms with Crippen molar-refractivity contribution in [2.24, 2.45) is 0 Å². The molecule has 0 saturated heterocycles. The minimum absolute atomic E-state index is 0.223. The fourth-order valence-electron chi connectivity index (χ4n) is 4.44. The summed E-state index contributed by atoms with van der Waals surface area (Å²) < 4.78 is 0. The molecule has 0 amide bonds. The number of allylic oxidation sites excluding steroid dienone is 1. The lowest BCUT2D eigenvalue weighted by molar-refractivity contribution is 0.620. The Morgan fingerprint density at radius 3 is 2.10 bits per heavy atom. The lowest BCUT2D eigenvalue weighted by Gasteiger charge is -2.34. The molecule has 3 heteroatoms. The van der Waals surface area contributed by atoms with E-state index in [2.05, 4.69) is 120 Å². The van der Waals surface area contributed by atoms with E-state index in [1.165, 1.54) is 28.1 Å². The number of aromatic amines is 1. The highest BCUT2D eigenvalue weighted by molar-refractivity contribution is 5.76. The molecule has 0 radical (unpaired) electrons. The Morgan fingerprint density at radius 1 is 0.800 bits per heavy atom. The van der Waals surface area contributed by atoms with E-state index in [0.717, 1.165) is 17.7 Å². The van der Waals surface area contributed by atoms with Crippen LogP contribution < -0.4 is 4.90 Å². The Hall–Kier alpha value is -3.59. The molecule has 1 N–H and O–H groups in total. The van der Waals surface area contributed by atoms with Gasteiger partial charge in [0.05, 0.1) is 5.69 Å². The van der Waals surface area contributed by atoms with Crippen molar-refractivity contribution < 1.29 is 0 Å². The number of H-pyrrole nitrogens is 1. The van der Waals surface area contributed by atoms with Crippen molar-refractivity contribution >= 4 is 11.8 Å². The lowest BCUT2D eigenvalue weighted by atomic mass is 9.68.